The number of esters is 1. The van der Waals surface area contributed by atoms with Gasteiger partial charge in [-0.2, -0.15) is 0 Å². The van der Waals surface area contributed by atoms with Gasteiger partial charge in [-0.05, 0) is 61.4 Å². The Kier molecular flexibility index (Phi) is 5.52. The maximum atomic E-state index is 12.3. The van der Waals surface area contributed by atoms with E-state index in [-0.39, 0.29) is 17.5 Å². The zero-order valence-corrected chi connectivity index (χ0v) is 16.9. The summed E-state index contributed by atoms with van der Waals surface area (Å²) in [5.41, 5.74) is 2.46. The minimum Gasteiger partial charge on any atom is -0.493 e. The Hall–Kier alpha value is -3.61. The number of nitrogens with zero attached hydrogens (tertiary/aromatic N) is 2. The highest BCUT2D eigenvalue weighted by Gasteiger charge is 2.25. The van der Waals surface area contributed by atoms with Crippen LogP contribution in [0.15, 0.2) is 53.2 Å². The second-order valence-corrected chi connectivity index (χ2v) is 6.88. The fourth-order valence-electron chi connectivity index (χ4n) is 3.44. The maximum absolute atomic E-state index is 12.3. The van der Waals surface area contributed by atoms with Crippen molar-refractivity contribution in [1.29, 1.82) is 0 Å². The number of cyclic esters (lactones) is 1. The van der Waals surface area contributed by atoms with Crippen LogP contribution in [0.5, 0.6) is 11.5 Å². The Morgan fingerprint density at radius 3 is 2.60 bits per heavy atom. The van der Waals surface area contributed by atoms with Gasteiger partial charge >= 0.3 is 5.97 Å². The number of ether oxygens (including phenoxy) is 3. The molecule has 0 atom stereocenters. The molecule has 2 aliphatic heterocycles. The molecule has 0 saturated carbocycles. The van der Waals surface area contributed by atoms with Crippen molar-refractivity contribution in [1.82, 2.24) is 0 Å². The average molecular weight is 406 g/mol. The van der Waals surface area contributed by atoms with Crippen molar-refractivity contribution in [2.75, 3.05) is 25.2 Å². The van der Waals surface area contributed by atoms with Crippen molar-refractivity contribution in [2.24, 2.45) is 4.99 Å². The van der Waals surface area contributed by atoms with Crippen LogP contribution in [-0.4, -0.2) is 38.0 Å². The minimum absolute atomic E-state index is 0.128. The number of aliphatic imine (C=N–C) groups is 1. The predicted octanol–water partition coefficient (Wildman–Crippen LogP) is 3.57. The molecule has 1 amide bonds. The molecule has 2 aromatic carbocycles. The number of methoxy groups -OCH3 is 1. The van der Waals surface area contributed by atoms with E-state index in [4.69, 9.17) is 14.2 Å². The fourth-order valence-corrected chi connectivity index (χ4v) is 3.44. The zero-order valence-electron chi connectivity index (χ0n) is 16.9. The summed E-state index contributed by atoms with van der Waals surface area (Å²) in [6.07, 6.45) is 3.09. The van der Waals surface area contributed by atoms with E-state index in [1.54, 1.807) is 42.4 Å². The molecule has 7 heteroatoms. The molecule has 154 valence electrons. The number of hydrogen-bond donors (Lipinski definition) is 0. The van der Waals surface area contributed by atoms with E-state index >= 15 is 0 Å². The van der Waals surface area contributed by atoms with Crippen molar-refractivity contribution in [3.63, 3.8) is 0 Å². The minimum atomic E-state index is -0.517. The molecule has 0 bridgehead atoms. The van der Waals surface area contributed by atoms with Gasteiger partial charge in [0.1, 0.15) is 0 Å². The molecule has 0 spiro atoms. The van der Waals surface area contributed by atoms with E-state index in [1.807, 2.05) is 25.1 Å². The van der Waals surface area contributed by atoms with Crippen LogP contribution in [0.3, 0.4) is 0 Å². The molecule has 0 N–H and O–H groups in total. The largest absolute Gasteiger partial charge is 0.493 e. The lowest BCUT2D eigenvalue weighted by molar-refractivity contribution is -0.130. The van der Waals surface area contributed by atoms with Crippen LogP contribution < -0.4 is 14.4 Å². The molecule has 0 unspecified atom stereocenters. The molecule has 0 aromatic heterocycles. The van der Waals surface area contributed by atoms with E-state index in [9.17, 15) is 9.59 Å². The van der Waals surface area contributed by atoms with Crippen LogP contribution >= 0.6 is 0 Å². The van der Waals surface area contributed by atoms with E-state index in [0.29, 0.717) is 30.1 Å². The Morgan fingerprint density at radius 2 is 1.93 bits per heavy atom. The van der Waals surface area contributed by atoms with Crippen molar-refractivity contribution >= 4 is 29.5 Å². The number of benzene rings is 2. The van der Waals surface area contributed by atoms with Gasteiger partial charge in [0.05, 0.1) is 13.7 Å². The lowest BCUT2D eigenvalue weighted by Crippen LogP contribution is -2.23. The highest BCUT2D eigenvalue weighted by Crippen LogP contribution is 2.30. The molecule has 1 fully saturated rings. The number of hydrogen-bond acceptors (Lipinski definition) is 6. The summed E-state index contributed by atoms with van der Waals surface area (Å²) in [6.45, 7) is 3.16. The van der Waals surface area contributed by atoms with Gasteiger partial charge in [0.2, 0.25) is 11.8 Å². The van der Waals surface area contributed by atoms with Gasteiger partial charge in [-0.1, -0.05) is 6.07 Å². The lowest BCUT2D eigenvalue weighted by Gasteiger charge is -2.15. The monoisotopic (exact) mass is 406 g/mol. The third kappa shape index (κ3) is 3.91. The molecule has 2 aromatic rings. The second-order valence-electron chi connectivity index (χ2n) is 6.88. The summed E-state index contributed by atoms with van der Waals surface area (Å²) < 4.78 is 16.2. The van der Waals surface area contributed by atoms with Gasteiger partial charge < -0.3 is 19.1 Å². The van der Waals surface area contributed by atoms with Gasteiger partial charge in [-0.15, -0.1) is 0 Å². The standard InChI is InChI=1S/C23H22N2O5/c1-3-29-19-11-6-15(14-20(19)28-2)13-18-23(27)30-22(24-18)16-7-9-17(10-8-16)25-12-4-5-21(25)26/h6-11,13-14H,3-5,12H2,1-2H3. The van der Waals surface area contributed by atoms with Crippen molar-refractivity contribution < 1.29 is 23.8 Å². The molecule has 2 heterocycles. The highest BCUT2D eigenvalue weighted by molar-refractivity contribution is 6.13. The Balaban J connectivity index is 1.56. The molecule has 2 aliphatic rings. The molecular formula is C23H22N2O5. The maximum Gasteiger partial charge on any atom is 0.363 e. The van der Waals surface area contributed by atoms with Crippen LogP contribution in [0.25, 0.3) is 6.08 Å². The Bertz CT molecular complexity index is 1040. The van der Waals surface area contributed by atoms with Gasteiger partial charge in [0.25, 0.3) is 0 Å². The topological polar surface area (TPSA) is 77.4 Å². The second kappa shape index (κ2) is 8.41. The first-order valence-electron chi connectivity index (χ1n) is 9.83. The van der Waals surface area contributed by atoms with E-state index in [0.717, 1.165) is 24.2 Å². The van der Waals surface area contributed by atoms with E-state index in [2.05, 4.69) is 4.99 Å². The predicted molar refractivity (Wildman–Crippen MR) is 113 cm³/mol. The quantitative estimate of drug-likeness (QED) is 0.541. The van der Waals surface area contributed by atoms with Gasteiger partial charge in [0, 0.05) is 24.2 Å². The summed E-state index contributed by atoms with van der Waals surface area (Å²) in [5, 5.41) is 0. The van der Waals surface area contributed by atoms with Crippen LogP contribution in [0.4, 0.5) is 5.69 Å². The zero-order chi connectivity index (χ0) is 21.1. The number of rotatable bonds is 6. The average Bonchev–Trinajstić information content (AvgIpc) is 3.35. The van der Waals surface area contributed by atoms with Crippen LogP contribution in [-0.2, 0) is 14.3 Å². The highest BCUT2D eigenvalue weighted by atomic mass is 16.6. The van der Waals surface area contributed by atoms with Crippen LogP contribution in [0, 0.1) is 0 Å². The first kappa shape index (κ1) is 19.7. The molecule has 1 saturated heterocycles. The van der Waals surface area contributed by atoms with E-state index < -0.39 is 5.97 Å². The SMILES string of the molecule is CCOc1ccc(C=C2N=C(c3ccc(N4CCCC4=O)cc3)OC2=O)cc1OC. The van der Waals surface area contributed by atoms with Crippen molar-refractivity contribution in [3.05, 3.63) is 59.3 Å². The molecule has 30 heavy (non-hydrogen) atoms. The van der Waals surface area contributed by atoms with E-state index in [1.165, 1.54) is 0 Å². The Labute approximate surface area is 174 Å². The van der Waals surface area contributed by atoms with Crippen molar-refractivity contribution in [2.45, 2.75) is 19.8 Å². The van der Waals surface area contributed by atoms with Gasteiger partial charge in [-0.3, -0.25) is 4.79 Å². The first-order chi connectivity index (χ1) is 14.6. The van der Waals surface area contributed by atoms with Crippen LogP contribution in [0.1, 0.15) is 30.9 Å². The molecule has 0 radical (unpaired) electrons. The lowest BCUT2D eigenvalue weighted by atomic mass is 10.1. The number of amides is 1. The van der Waals surface area contributed by atoms with Gasteiger partial charge in [0.15, 0.2) is 17.2 Å². The van der Waals surface area contributed by atoms with Crippen molar-refractivity contribution in [3.8, 4) is 11.5 Å². The fraction of sp³-hybridized carbons (Fsp3) is 0.261. The number of anilines is 1. The third-order valence-electron chi connectivity index (χ3n) is 4.91. The summed E-state index contributed by atoms with van der Waals surface area (Å²) in [5.74, 6) is 1.06. The van der Waals surface area contributed by atoms with Gasteiger partial charge in [-0.25, -0.2) is 9.79 Å². The summed E-state index contributed by atoms with van der Waals surface area (Å²) >= 11 is 0. The molecule has 7 nitrogen and oxygen atoms in total. The smallest absolute Gasteiger partial charge is 0.363 e. The normalized spacial score (nSPS) is 17.3. The molecular weight excluding hydrogens is 384 g/mol. The number of carbonyl (C=O) groups is 2. The number of carbonyl (C=O) groups excluding carboxylic acids is 2. The third-order valence-corrected chi connectivity index (χ3v) is 4.91. The van der Waals surface area contributed by atoms with Crippen LogP contribution in [0.2, 0.25) is 0 Å². The summed E-state index contributed by atoms with van der Waals surface area (Å²) in [4.78, 5) is 30.3. The Morgan fingerprint density at radius 1 is 1.13 bits per heavy atom. The molecule has 0 aliphatic carbocycles. The first-order valence-corrected chi connectivity index (χ1v) is 9.83. The summed E-state index contributed by atoms with van der Waals surface area (Å²) in [7, 11) is 1.56. The summed E-state index contributed by atoms with van der Waals surface area (Å²) in [6, 6.07) is 12.7. The molecule has 4 rings (SSSR count).